The number of amides is 2. The number of hydrogen-bond acceptors (Lipinski definition) is 4. The van der Waals surface area contributed by atoms with E-state index in [9.17, 15) is 9.59 Å². The fourth-order valence-corrected chi connectivity index (χ4v) is 3.86. The zero-order valence-corrected chi connectivity index (χ0v) is 13.2. The van der Waals surface area contributed by atoms with Gasteiger partial charge in [0.1, 0.15) is 6.10 Å². The summed E-state index contributed by atoms with van der Waals surface area (Å²) in [7, 11) is 0. The number of benzene rings is 1. The van der Waals surface area contributed by atoms with E-state index in [1.807, 2.05) is 12.1 Å². The minimum atomic E-state index is -0.349. The SMILES string of the molecule is CC(=O)NCC1CN(c2ccc([C@@]34CNC[C@@H]3C4)cc2)C(=O)O1. The van der Waals surface area contributed by atoms with Crippen molar-refractivity contribution in [3.63, 3.8) is 0 Å². The van der Waals surface area contributed by atoms with Gasteiger partial charge in [0, 0.05) is 24.6 Å². The lowest BCUT2D eigenvalue weighted by Crippen LogP contribution is -2.33. The van der Waals surface area contributed by atoms with Crippen molar-refractivity contribution in [2.24, 2.45) is 5.92 Å². The van der Waals surface area contributed by atoms with E-state index in [4.69, 9.17) is 4.74 Å². The number of carbonyl (C=O) groups excluding carboxylic acids is 2. The highest BCUT2D eigenvalue weighted by Crippen LogP contribution is 2.56. The molecule has 2 aliphatic heterocycles. The first kappa shape index (κ1) is 14.5. The van der Waals surface area contributed by atoms with E-state index in [1.54, 1.807) is 4.90 Å². The second kappa shape index (κ2) is 5.23. The Morgan fingerprint density at radius 1 is 1.43 bits per heavy atom. The topological polar surface area (TPSA) is 70.7 Å². The minimum Gasteiger partial charge on any atom is -0.442 e. The van der Waals surface area contributed by atoms with Crippen molar-refractivity contribution in [1.29, 1.82) is 0 Å². The predicted molar refractivity (Wildman–Crippen MR) is 85.4 cm³/mol. The number of anilines is 1. The average Bonchev–Trinajstić information content (AvgIpc) is 2.90. The van der Waals surface area contributed by atoms with Crippen LogP contribution < -0.4 is 15.5 Å². The molecular formula is C17H21N3O3. The first-order chi connectivity index (χ1) is 11.1. The van der Waals surface area contributed by atoms with Crippen molar-refractivity contribution in [2.75, 3.05) is 31.1 Å². The van der Waals surface area contributed by atoms with Crippen LogP contribution in [-0.2, 0) is 14.9 Å². The van der Waals surface area contributed by atoms with Gasteiger partial charge in [-0.3, -0.25) is 9.69 Å². The number of cyclic esters (lactones) is 1. The molecule has 1 aromatic carbocycles. The fourth-order valence-electron chi connectivity index (χ4n) is 3.86. The summed E-state index contributed by atoms with van der Waals surface area (Å²) >= 11 is 0. The Bertz CT molecular complexity index is 645. The highest BCUT2D eigenvalue weighted by molar-refractivity contribution is 5.89. The molecule has 23 heavy (non-hydrogen) atoms. The highest BCUT2D eigenvalue weighted by atomic mass is 16.6. The molecule has 2 amide bonds. The molecule has 2 heterocycles. The van der Waals surface area contributed by atoms with Gasteiger partial charge in [-0.15, -0.1) is 0 Å². The van der Waals surface area contributed by atoms with Crippen molar-refractivity contribution in [2.45, 2.75) is 24.9 Å². The van der Waals surface area contributed by atoms with Crippen LogP contribution in [0, 0.1) is 5.92 Å². The van der Waals surface area contributed by atoms with E-state index < -0.39 is 0 Å². The molecule has 6 nitrogen and oxygen atoms in total. The Hall–Kier alpha value is -2.08. The molecule has 4 rings (SSSR count). The van der Waals surface area contributed by atoms with Gasteiger partial charge >= 0.3 is 6.09 Å². The maximum Gasteiger partial charge on any atom is 0.414 e. The van der Waals surface area contributed by atoms with Crippen molar-refractivity contribution in [3.05, 3.63) is 29.8 Å². The van der Waals surface area contributed by atoms with Gasteiger partial charge < -0.3 is 15.4 Å². The van der Waals surface area contributed by atoms with Crippen LogP contribution in [0.5, 0.6) is 0 Å². The number of ether oxygens (including phenoxy) is 1. The van der Waals surface area contributed by atoms with Crippen molar-refractivity contribution in [3.8, 4) is 0 Å². The minimum absolute atomic E-state index is 0.118. The quantitative estimate of drug-likeness (QED) is 0.870. The molecule has 122 valence electrons. The Morgan fingerprint density at radius 2 is 2.22 bits per heavy atom. The van der Waals surface area contributed by atoms with Crippen LogP contribution in [0.1, 0.15) is 18.9 Å². The summed E-state index contributed by atoms with van der Waals surface area (Å²) in [4.78, 5) is 24.6. The largest absolute Gasteiger partial charge is 0.442 e. The molecule has 0 bridgehead atoms. The van der Waals surface area contributed by atoms with Gasteiger partial charge in [0.25, 0.3) is 0 Å². The molecule has 0 radical (unpaired) electrons. The maximum absolute atomic E-state index is 12.0. The molecule has 3 atom stereocenters. The second-order valence-corrected chi connectivity index (χ2v) is 6.79. The Morgan fingerprint density at radius 3 is 2.83 bits per heavy atom. The average molecular weight is 315 g/mol. The number of hydrogen-bond donors (Lipinski definition) is 2. The number of carbonyl (C=O) groups is 2. The Balaban J connectivity index is 1.44. The highest BCUT2D eigenvalue weighted by Gasteiger charge is 2.57. The fraction of sp³-hybridized carbons (Fsp3) is 0.529. The number of fused-ring (bicyclic) bond motifs is 1. The van der Waals surface area contributed by atoms with Crippen LogP contribution in [0.2, 0.25) is 0 Å². The number of nitrogens with one attached hydrogen (secondary N) is 2. The van der Waals surface area contributed by atoms with Gasteiger partial charge in [0.2, 0.25) is 5.91 Å². The van der Waals surface area contributed by atoms with Gasteiger partial charge in [-0.1, -0.05) is 12.1 Å². The van der Waals surface area contributed by atoms with Gasteiger partial charge in [0.15, 0.2) is 0 Å². The van der Waals surface area contributed by atoms with Gasteiger partial charge in [-0.2, -0.15) is 0 Å². The van der Waals surface area contributed by atoms with Crippen molar-refractivity contribution >= 4 is 17.7 Å². The first-order valence-electron chi connectivity index (χ1n) is 8.12. The Kier molecular flexibility index (Phi) is 3.30. The van der Waals surface area contributed by atoms with Crippen molar-refractivity contribution < 1.29 is 14.3 Å². The molecule has 1 aliphatic carbocycles. The van der Waals surface area contributed by atoms with E-state index in [2.05, 4.69) is 22.8 Å². The number of rotatable bonds is 4. The van der Waals surface area contributed by atoms with Crippen LogP contribution in [0.4, 0.5) is 10.5 Å². The monoisotopic (exact) mass is 315 g/mol. The van der Waals surface area contributed by atoms with E-state index in [-0.39, 0.29) is 18.1 Å². The van der Waals surface area contributed by atoms with Crippen molar-refractivity contribution in [1.82, 2.24) is 10.6 Å². The molecule has 3 aliphatic rings. The summed E-state index contributed by atoms with van der Waals surface area (Å²) in [5, 5.41) is 6.13. The molecule has 6 heteroatoms. The molecule has 0 spiro atoms. The molecule has 2 saturated heterocycles. The smallest absolute Gasteiger partial charge is 0.414 e. The normalized spacial score (nSPS) is 31.7. The summed E-state index contributed by atoms with van der Waals surface area (Å²) < 4.78 is 5.30. The molecule has 3 fully saturated rings. The molecule has 1 aromatic rings. The third-order valence-electron chi connectivity index (χ3n) is 5.27. The van der Waals surface area contributed by atoms with Crippen LogP contribution in [0.25, 0.3) is 0 Å². The zero-order valence-electron chi connectivity index (χ0n) is 13.2. The third-order valence-corrected chi connectivity index (χ3v) is 5.27. The van der Waals surface area contributed by atoms with Gasteiger partial charge in [0.05, 0.1) is 13.1 Å². The van der Waals surface area contributed by atoms with Crippen LogP contribution in [0.3, 0.4) is 0 Å². The van der Waals surface area contributed by atoms with E-state index in [0.717, 1.165) is 24.7 Å². The van der Waals surface area contributed by atoms with Gasteiger partial charge in [-0.25, -0.2) is 4.79 Å². The summed E-state index contributed by atoms with van der Waals surface area (Å²) in [6.45, 7) is 4.45. The second-order valence-electron chi connectivity index (χ2n) is 6.79. The Labute approximate surface area is 135 Å². The van der Waals surface area contributed by atoms with E-state index in [0.29, 0.717) is 18.5 Å². The molecule has 1 unspecified atom stereocenters. The van der Waals surface area contributed by atoms with E-state index >= 15 is 0 Å². The maximum atomic E-state index is 12.0. The van der Waals surface area contributed by atoms with E-state index in [1.165, 1.54) is 18.9 Å². The lowest BCUT2D eigenvalue weighted by Gasteiger charge is -2.16. The summed E-state index contributed by atoms with van der Waals surface area (Å²) in [5.41, 5.74) is 2.54. The van der Waals surface area contributed by atoms with Crippen LogP contribution in [-0.4, -0.2) is 44.3 Å². The lowest BCUT2D eigenvalue weighted by atomic mass is 9.95. The summed E-state index contributed by atoms with van der Waals surface area (Å²) in [6, 6.07) is 8.27. The standard InChI is InChI=1S/C17H21N3O3/c1-11(21)19-8-15-9-20(16(22)23-15)14-4-2-12(3-5-14)17-6-13(17)7-18-10-17/h2-5,13,15,18H,6-10H2,1H3,(H,19,21)/t13-,15?,17+/m0/s1. The predicted octanol–water partition coefficient (Wildman–Crippen LogP) is 1.01. The number of piperidine rings is 1. The first-order valence-corrected chi connectivity index (χ1v) is 8.12. The molecule has 1 saturated carbocycles. The zero-order chi connectivity index (χ0) is 16.0. The van der Waals surface area contributed by atoms with Gasteiger partial charge in [-0.05, 0) is 36.6 Å². The molecular weight excluding hydrogens is 294 g/mol. The third kappa shape index (κ3) is 2.47. The summed E-state index contributed by atoms with van der Waals surface area (Å²) in [5.74, 6) is 0.652. The van der Waals surface area contributed by atoms with Crippen LogP contribution >= 0.6 is 0 Å². The molecule has 0 aromatic heterocycles. The molecule has 2 N–H and O–H groups in total. The number of nitrogens with zero attached hydrogens (tertiary/aromatic N) is 1. The van der Waals surface area contributed by atoms with Crippen LogP contribution in [0.15, 0.2) is 24.3 Å². The summed E-state index contributed by atoms with van der Waals surface area (Å²) in [6.07, 6.45) is 0.624. The lowest BCUT2D eigenvalue weighted by molar-refractivity contribution is -0.119.